The number of hydrogen-bond acceptors (Lipinski definition) is 3. The van der Waals surface area contributed by atoms with Gasteiger partial charge in [0.15, 0.2) is 17.3 Å². The summed E-state index contributed by atoms with van der Waals surface area (Å²) in [5, 5.41) is 2.81. The molecule has 7 heteroatoms. The van der Waals surface area contributed by atoms with Crippen LogP contribution in [0.3, 0.4) is 0 Å². The molecule has 2 aromatic heterocycles. The molecule has 0 bridgehead atoms. The number of nitrogens with zero attached hydrogens (tertiary/aromatic N) is 3. The summed E-state index contributed by atoms with van der Waals surface area (Å²) in [6.07, 6.45) is 3.45. The quantitative estimate of drug-likeness (QED) is 0.521. The van der Waals surface area contributed by atoms with Crippen LogP contribution in [0.25, 0.3) is 28.0 Å². The molecular weight excluding hydrogens is 386 g/mol. The Morgan fingerprint density at radius 2 is 1.67 bits per heavy atom. The molecule has 30 heavy (non-hydrogen) atoms. The lowest BCUT2D eigenvalue weighted by Crippen LogP contribution is -2.08. The van der Waals surface area contributed by atoms with Crippen LogP contribution >= 0.6 is 0 Å². The van der Waals surface area contributed by atoms with E-state index in [0.29, 0.717) is 22.6 Å². The Hall–Kier alpha value is -3.74. The molecule has 152 valence electrons. The van der Waals surface area contributed by atoms with Crippen molar-refractivity contribution in [2.45, 2.75) is 6.92 Å². The van der Waals surface area contributed by atoms with E-state index < -0.39 is 11.6 Å². The minimum Gasteiger partial charge on any atom is -0.378 e. The first kappa shape index (κ1) is 19.6. The maximum atomic E-state index is 13.8. The third-order valence-electron chi connectivity index (χ3n) is 4.85. The molecule has 1 amide bonds. The van der Waals surface area contributed by atoms with E-state index in [0.717, 1.165) is 28.9 Å². The minimum atomic E-state index is -0.931. The van der Waals surface area contributed by atoms with Gasteiger partial charge in [0.2, 0.25) is 5.91 Å². The molecule has 5 nitrogen and oxygen atoms in total. The molecule has 2 heterocycles. The van der Waals surface area contributed by atoms with Crippen molar-refractivity contribution in [3.05, 3.63) is 72.6 Å². The second kappa shape index (κ2) is 7.59. The molecule has 0 aliphatic heterocycles. The zero-order chi connectivity index (χ0) is 21.4. The number of carbonyl (C=O) groups excluding carboxylic acids is 1. The summed E-state index contributed by atoms with van der Waals surface area (Å²) in [6.45, 7) is 1.42. The van der Waals surface area contributed by atoms with E-state index >= 15 is 0 Å². The zero-order valence-corrected chi connectivity index (χ0v) is 16.8. The summed E-state index contributed by atoms with van der Waals surface area (Å²) in [6, 6.07) is 13.5. The number of nitrogens with one attached hydrogen (secondary N) is 1. The highest BCUT2D eigenvalue weighted by Crippen LogP contribution is 2.31. The predicted molar refractivity (Wildman–Crippen MR) is 115 cm³/mol. The van der Waals surface area contributed by atoms with Crippen LogP contribution in [0.1, 0.15) is 6.92 Å². The Morgan fingerprint density at radius 3 is 2.30 bits per heavy atom. The largest absolute Gasteiger partial charge is 0.378 e. The number of imidazole rings is 1. The van der Waals surface area contributed by atoms with Crippen LogP contribution in [0.5, 0.6) is 0 Å². The smallest absolute Gasteiger partial charge is 0.221 e. The monoisotopic (exact) mass is 406 g/mol. The summed E-state index contributed by atoms with van der Waals surface area (Å²) >= 11 is 0. The Balaban J connectivity index is 1.90. The van der Waals surface area contributed by atoms with Crippen molar-refractivity contribution in [2.24, 2.45) is 0 Å². The van der Waals surface area contributed by atoms with Crippen LogP contribution in [0.4, 0.5) is 20.2 Å². The topological polar surface area (TPSA) is 49.6 Å². The van der Waals surface area contributed by atoms with E-state index in [2.05, 4.69) is 10.3 Å². The van der Waals surface area contributed by atoms with Gasteiger partial charge in [-0.05, 0) is 42.0 Å². The fourth-order valence-corrected chi connectivity index (χ4v) is 3.35. The van der Waals surface area contributed by atoms with Gasteiger partial charge in [-0.25, -0.2) is 13.8 Å². The number of anilines is 2. The molecule has 0 atom stereocenters. The highest BCUT2D eigenvalue weighted by molar-refractivity contribution is 5.94. The third kappa shape index (κ3) is 3.61. The highest BCUT2D eigenvalue weighted by atomic mass is 19.2. The molecule has 0 aliphatic carbocycles. The van der Waals surface area contributed by atoms with Gasteiger partial charge in [0.05, 0.1) is 17.6 Å². The average molecular weight is 406 g/mol. The van der Waals surface area contributed by atoms with Crippen LogP contribution in [0, 0.1) is 11.6 Å². The lowest BCUT2D eigenvalue weighted by Gasteiger charge is -2.14. The van der Waals surface area contributed by atoms with E-state index in [-0.39, 0.29) is 5.91 Å². The van der Waals surface area contributed by atoms with Gasteiger partial charge in [-0.3, -0.25) is 9.20 Å². The predicted octanol–water partition coefficient (Wildman–Crippen LogP) is 4.97. The van der Waals surface area contributed by atoms with Crippen LogP contribution in [0.15, 0.2) is 60.9 Å². The SMILES string of the molecule is CC(=O)Nc1cc(-c2ccc(N(C)C)cc2)cn2c(-c3ccc(F)c(F)c3)cnc12. The molecule has 0 aliphatic rings. The van der Waals surface area contributed by atoms with E-state index in [1.165, 1.54) is 13.0 Å². The number of benzene rings is 2. The first-order chi connectivity index (χ1) is 14.3. The lowest BCUT2D eigenvalue weighted by molar-refractivity contribution is -0.114. The Labute approximate surface area is 172 Å². The summed E-state index contributed by atoms with van der Waals surface area (Å²) in [4.78, 5) is 18.1. The maximum Gasteiger partial charge on any atom is 0.221 e. The third-order valence-corrected chi connectivity index (χ3v) is 4.85. The number of amides is 1. The number of pyridine rings is 1. The molecule has 0 fully saturated rings. The van der Waals surface area contributed by atoms with Crippen molar-refractivity contribution in [1.29, 1.82) is 0 Å². The van der Waals surface area contributed by atoms with Crippen molar-refractivity contribution in [3.8, 4) is 22.4 Å². The number of carbonyl (C=O) groups is 1. The van der Waals surface area contributed by atoms with Gasteiger partial charge in [0.25, 0.3) is 0 Å². The van der Waals surface area contributed by atoms with Crippen LogP contribution in [-0.4, -0.2) is 29.4 Å². The van der Waals surface area contributed by atoms with Crippen LogP contribution < -0.4 is 10.2 Å². The summed E-state index contributed by atoms with van der Waals surface area (Å²) in [7, 11) is 3.94. The molecule has 2 aromatic carbocycles. The average Bonchev–Trinajstić information content (AvgIpc) is 3.14. The molecule has 4 aromatic rings. The molecule has 4 rings (SSSR count). The maximum absolute atomic E-state index is 13.8. The van der Waals surface area contributed by atoms with Gasteiger partial charge in [0, 0.05) is 44.0 Å². The van der Waals surface area contributed by atoms with Crippen molar-refractivity contribution in [3.63, 3.8) is 0 Å². The summed E-state index contributed by atoms with van der Waals surface area (Å²) < 4.78 is 29.0. The highest BCUT2D eigenvalue weighted by Gasteiger charge is 2.15. The second-order valence-electron chi connectivity index (χ2n) is 7.23. The van der Waals surface area contributed by atoms with Gasteiger partial charge in [-0.2, -0.15) is 0 Å². The van der Waals surface area contributed by atoms with Gasteiger partial charge >= 0.3 is 0 Å². The van der Waals surface area contributed by atoms with Crippen molar-refractivity contribution >= 4 is 22.9 Å². The van der Waals surface area contributed by atoms with E-state index in [1.807, 2.05) is 55.5 Å². The molecule has 1 N–H and O–H groups in total. The molecule has 0 saturated heterocycles. The van der Waals surface area contributed by atoms with Crippen LogP contribution in [0.2, 0.25) is 0 Å². The van der Waals surface area contributed by atoms with E-state index in [9.17, 15) is 13.6 Å². The van der Waals surface area contributed by atoms with Crippen LogP contribution in [-0.2, 0) is 4.79 Å². The molecule has 0 saturated carbocycles. The van der Waals surface area contributed by atoms with Crippen molar-refractivity contribution < 1.29 is 13.6 Å². The van der Waals surface area contributed by atoms with Gasteiger partial charge in [0.1, 0.15) is 0 Å². The van der Waals surface area contributed by atoms with Gasteiger partial charge < -0.3 is 10.2 Å². The van der Waals surface area contributed by atoms with Crippen molar-refractivity contribution in [2.75, 3.05) is 24.3 Å². The molecule has 0 spiro atoms. The second-order valence-corrected chi connectivity index (χ2v) is 7.23. The summed E-state index contributed by atoms with van der Waals surface area (Å²) in [5.74, 6) is -2.07. The van der Waals surface area contributed by atoms with Gasteiger partial charge in [-0.15, -0.1) is 0 Å². The Bertz CT molecular complexity index is 1250. The van der Waals surface area contributed by atoms with E-state index in [4.69, 9.17) is 0 Å². The normalized spacial score (nSPS) is 11.0. The first-order valence-electron chi connectivity index (χ1n) is 9.35. The number of fused-ring (bicyclic) bond motifs is 1. The zero-order valence-electron chi connectivity index (χ0n) is 16.8. The number of halogens is 2. The minimum absolute atomic E-state index is 0.227. The number of hydrogen-bond donors (Lipinski definition) is 1. The standard InChI is InChI=1S/C23H20F2N4O/c1-14(30)27-21-11-17(15-4-7-18(8-5-15)28(2)3)13-29-22(12-26-23(21)29)16-6-9-19(24)20(25)10-16/h4-13H,1-3H3,(H,27,30). The Kier molecular flexibility index (Phi) is 4.95. The van der Waals surface area contributed by atoms with Crippen molar-refractivity contribution in [1.82, 2.24) is 9.38 Å². The summed E-state index contributed by atoms with van der Waals surface area (Å²) in [5.41, 5.74) is 4.96. The molecule has 0 unspecified atom stereocenters. The number of rotatable bonds is 4. The van der Waals surface area contributed by atoms with Gasteiger partial charge in [-0.1, -0.05) is 12.1 Å². The fourth-order valence-electron chi connectivity index (χ4n) is 3.35. The number of aromatic nitrogens is 2. The fraction of sp³-hybridized carbons (Fsp3) is 0.130. The molecule has 0 radical (unpaired) electrons. The Morgan fingerprint density at radius 1 is 0.967 bits per heavy atom. The lowest BCUT2D eigenvalue weighted by atomic mass is 10.1. The molecular formula is C23H20F2N4O. The first-order valence-corrected chi connectivity index (χ1v) is 9.35. The van der Waals surface area contributed by atoms with E-state index in [1.54, 1.807) is 10.6 Å².